The Morgan fingerprint density at radius 3 is 2.70 bits per heavy atom. The number of anilines is 1. The average Bonchev–Trinajstić information content (AvgIpc) is 3.06. The lowest BCUT2D eigenvalue weighted by molar-refractivity contribution is -0.192. The molecule has 30 heavy (non-hydrogen) atoms. The number of aliphatic hydroxyl groups is 1. The van der Waals surface area contributed by atoms with Crippen molar-refractivity contribution < 1.29 is 33.0 Å². The van der Waals surface area contributed by atoms with Crippen LogP contribution in [-0.2, 0) is 22.6 Å². The molecule has 3 N–H and O–H groups in total. The van der Waals surface area contributed by atoms with Crippen LogP contribution in [0.2, 0.25) is 0 Å². The number of aliphatic carboxylic acids is 1. The molecule has 3 heterocycles. The number of fused-ring (bicyclic) bond motifs is 4. The number of carboxylic acids is 1. The summed E-state index contributed by atoms with van der Waals surface area (Å²) in [6.07, 6.45) is 2.17. The molecule has 0 radical (unpaired) electrons. The highest BCUT2D eigenvalue weighted by molar-refractivity contribution is 5.95. The molecular weight excluding hydrogens is 405 g/mol. The van der Waals surface area contributed by atoms with Gasteiger partial charge in [0.1, 0.15) is 0 Å². The zero-order valence-corrected chi connectivity index (χ0v) is 16.3. The molecule has 0 spiro atoms. The zero-order valence-electron chi connectivity index (χ0n) is 16.3. The Balaban J connectivity index is 0.000000396. The molecular formula is C19H23F3N4O4. The van der Waals surface area contributed by atoms with Gasteiger partial charge < -0.3 is 15.5 Å². The van der Waals surface area contributed by atoms with Crippen LogP contribution >= 0.6 is 0 Å². The maximum Gasteiger partial charge on any atom is 0.490 e. The van der Waals surface area contributed by atoms with Crippen LogP contribution in [0.5, 0.6) is 0 Å². The summed E-state index contributed by atoms with van der Waals surface area (Å²) in [7, 11) is 0. The Morgan fingerprint density at radius 1 is 1.37 bits per heavy atom. The van der Waals surface area contributed by atoms with Crippen LogP contribution in [0, 0.1) is 5.92 Å². The molecule has 2 bridgehead atoms. The predicted molar refractivity (Wildman–Crippen MR) is 102 cm³/mol. The number of amides is 1. The van der Waals surface area contributed by atoms with E-state index in [1.54, 1.807) is 17.1 Å². The minimum absolute atomic E-state index is 0.00356. The van der Waals surface area contributed by atoms with E-state index in [-0.39, 0.29) is 18.4 Å². The number of rotatable bonds is 2. The third-order valence-corrected chi connectivity index (χ3v) is 4.51. The van der Waals surface area contributed by atoms with E-state index >= 15 is 0 Å². The average molecular weight is 428 g/mol. The van der Waals surface area contributed by atoms with Crippen LogP contribution < -0.4 is 5.32 Å². The van der Waals surface area contributed by atoms with Crippen molar-refractivity contribution in [3.05, 3.63) is 30.2 Å². The number of nitrogens with one attached hydrogen (secondary N) is 1. The number of alkyl halides is 3. The second kappa shape index (κ2) is 10.2. The van der Waals surface area contributed by atoms with Crippen molar-refractivity contribution in [2.24, 2.45) is 5.92 Å². The number of hydrogen-bond donors (Lipinski definition) is 3. The highest BCUT2D eigenvalue weighted by Gasteiger charge is 2.38. The van der Waals surface area contributed by atoms with Gasteiger partial charge in [0.25, 0.3) is 0 Å². The van der Waals surface area contributed by atoms with Crippen molar-refractivity contribution in [3.63, 3.8) is 0 Å². The molecule has 1 unspecified atom stereocenters. The standard InChI is InChI=1S/C17H22N4O2.C2HF3O2/c1-12-4-2-3-5-14-10-13(6-7-18-14)16-15(20-17(12)23)11-19-21(16)8-9-22;3-2(4,5)1(6)7/h6-7,10-12,22H,2-5,8-9H2,1H3,(H,20,23);(H,6,7). The largest absolute Gasteiger partial charge is 0.490 e. The molecule has 1 atom stereocenters. The van der Waals surface area contributed by atoms with Gasteiger partial charge in [0.05, 0.1) is 30.7 Å². The Labute approximate surface area is 170 Å². The molecule has 11 heteroatoms. The van der Waals surface area contributed by atoms with E-state index in [4.69, 9.17) is 9.90 Å². The van der Waals surface area contributed by atoms with E-state index in [2.05, 4.69) is 15.4 Å². The van der Waals surface area contributed by atoms with Crippen molar-refractivity contribution in [1.29, 1.82) is 0 Å². The van der Waals surface area contributed by atoms with Gasteiger partial charge in [0, 0.05) is 23.4 Å². The molecule has 1 aliphatic rings. The molecule has 0 aromatic carbocycles. The first kappa shape index (κ1) is 23.3. The highest BCUT2D eigenvalue weighted by Crippen LogP contribution is 2.29. The van der Waals surface area contributed by atoms with Crippen molar-refractivity contribution in [2.45, 2.75) is 45.3 Å². The van der Waals surface area contributed by atoms with E-state index in [9.17, 15) is 23.1 Å². The van der Waals surface area contributed by atoms with Crippen molar-refractivity contribution >= 4 is 17.6 Å². The Kier molecular flexibility index (Phi) is 7.93. The molecule has 0 saturated carbocycles. The fourth-order valence-corrected chi connectivity index (χ4v) is 2.95. The summed E-state index contributed by atoms with van der Waals surface area (Å²) < 4.78 is 33.5. The van der Waals surface area contributed by atoms with Gasteiger partial charge in [0.2, 0.25) is 5.91 Å². The van der Waals surface area contributed by atoms with E-state index in [0.717, 1.165) is 42.6 Å². The molecule has 0 saturated heterocycles. The number of aliphatic hydroxyl groups excluding tert-OH is 1. The molecule has 0 fully saturated rings. The smallest absolute Gasteiger partial charge is 0.475 e. The van der Waals surface area contributed by atoms with Crippen LogP contribution in [0.4, 0.5) is 18.9 Å². The Morgan fingerprint density at radius 2 is 2.07 bits per heavy atom. The number of aryl methyl sites for hydroxylation is 1. The van der Waals surface area contributed by atoms with Crippen LogP contribution in [0.25, 0.3) is 11.3 Å². The molecule has 164 valence electrons. The van der Waals surface area contributed by atoms with Crippen LogP contribution in [0.3, 0.4) is 0 Å². The van der Waals surface area contributed by atoms with Gasteiger partial charge in [-0.15, -0.1) is 0 Å². The van der Waals surface area contributed by atoms with Gasteiger partial charge >= 0.3 is 12.1 Å². The fraction of sp³-hybridized carbons (Fsp3) is 0.474. The molecule has 2 aromatic rings. The first-order valence-electron chi connectivity index (χ1n) is 9.36. The van der Waals surface area contributed by atoms with Gasteiger partial charge in [0.15, 0.2) is 0 Å². The first-order chi connectivity index (χ1) is 14.1. The van der Waals surface area contributed by atoms with Gasteiger partial charge in [-0.3, -0.25) is 14.5 Å². The number of aromatic nitrogens is 3. The summed E-state index contributed by atoms with van der Waals surface area (Å²) in [6, 6.07) is 3.96. The summed E-state index contributed by atoms with van der Waals surface area (Å²) in [6.45, 7) is 2.34. The summed E-state index contributed by atoms with van der Waals surface area (Å²) >= 11 is 0. The zero-order chi connectivity index (χ0) is 22.3. The van der Waals surface area contributed by atoms with Crippen LogP contribution in [-0.4, -0.2) is 49.6 Å². The molecule has 0 aliphatic carbocycles. The minimum Gasteiger partial charge on any atom is -0.475 e. The number of carboxylic acid groups (broad SMARTS) is 1. The number of nitrogens with zero attached hydrogens (tertiary/aromatic N) is 3. The van der Waals surface area contributed by atoms with Crippen molar-refractivity contribution in [1.82, 2.24) is 14.8 Å². The highest BCUT2D eigenvalue weighted by atomic mass is 19.4. The van der Waals surface area contributed by atoms with Gasteiger partial charge in [-0.1, -0.05) is 13.3 Å². The predicted octanol–water partition coefficient (Wildman–Crippen LogP) is 2.87. The molecule has 8 nitrogen and oxygen atoms in total. The lowest BCUT2D eigenvalue weighted by Crippen LogP contribution is -2.21. The third-order valence-electron chi connectivity index (χ3n) is 4.51. The van der Waals surface area contributed by atoms with E-state index in [1.165, 1.54) is 0 Å². The summed E-state index contributed by atoms with van der Waals surface area (Å²) in [5, 5.41) is 23.7. The summed E-state index contributed by atoms with van der Waals surface area (Å²) in [5.74, 6) is -2.77. The molecule has 1 amide bonds. The number of carbonyl (C=O) groups is 2. The number of halogens is 3. The third kappa shape index (κ3) is 6.28. The summed E-state index contributed by atoms with van der Waals surface area (Å²) in [5.41, 5.74) is 3.52. The van der Waals surface area contributed by atoms with Crippen LogP contribution in [0.15, 0.2) is 24.5 Å². The molecule has 3 rings (SSSR count). The van der Waals surface area contributed by atoms with E-state index < -0.39 is 12.1 Å². The van der Waals surface area contributed by atoms with E-state index in [0.29, 0.717) is 12.2 Å². The molecule has 1 aliphatic heterocycles. The second-order valence-corrected chi connectivity index (χ2v) is 6.83. The Bertz CT molecular complexity index is 883. The van der Waals surface area contributed by atoms with E-state index in [1.807, 2.05) is 19.1 Å². The number of carbonyl (C=O) groups excluding carboxylic acids is 1. The van der Waals surface area contributed by atoms with Crippen LogP contribution in [0.1, 0.15) is 31.9 Å². The monoisotopic (exact) mass is 428 g/mol. The maximum atomic E-state index is 12.4. The SMILES string of the molecule is CC1CCCCc2cc(ccn2)-c2c(cnn2CCO)NC1=O.O=C(O)C(F)(F)F. The van der Waals surface area contributed by atoms with Gasteiger partial charge in [-0.2, -0.15) is 18.3 Å². The second-order valence-electron chi connectivity index (χ2n) is 6.83. The summed E-state index contributed by atoms with van der Waals surface area (Å²) in [4.78, 5) is 25.7. The maximum absolute atomic E-state index is 12.4. The molecule has 2 aromatic heterocycles. The van der Waals surface area contributed by atoms with Gasteiger partial charge in [-0.05, 0) is 31.4 Å². The normalized spacial score (nSPS) is 16.8. The fourth-order valence-electron chi connectivity index (χ4n) is 2.95. The Hall–Kier alpha value is -2.95. The number of pyridine rings is 1. The number of hydrogen-bond acceptors (Lipinski definition) is 5. The lowest BCUT2D eigenvalue weighted by Gasteiger charge is -2.15. The quantitative estimate of drug-likeness (QED) is 0.677. The van der Waals surface area contributed by atoms with Crippen molar-refractivity contribution in [3.8, 4) is 11.3 Å². The topological polar surface area (TPSA) is 117 Å². The first-order valence-corrected chi connectivity index (χ1v) is 9.36. The lowest BCUT2D eigenvalue weighted by atomic mass is 10.00. The minimum atomic E-state index is -5.08. The van der Waals surface area contributed by atoms with Gasteiger partial charge in [-0.25, -0.2) is 4.79 Å². The van der Waals surface area contributed by atoms with Crippen molar-refractivity contribution in [2.75, 3.05) is 11.9 Å².